The van der Waals surface area contributed by atoms with E-state index < -0.39 is 10.0 Å². The van der Waals surface area contributed by atoms with Gasteiger partial charge in [0.15, 0.2) is 0 Å². The van der Waals surface area contributed by atoms with Gasteiger partial charge in [0.1, 0.15) is 0 Å². The average molecular weight is 361 g/mol. The fourth-order valence-corrected chi connectivity index (χ4v) is 5.04. The third kappa shape index (κ3) is 3.08. The number of hydrogen-bond donors (Lipinski definition) is 1. The Morgan fingerprint density at radius 2 is 2.15 bits per heavy atom. The molecule has 1 N–H and O–H groups in total. The Kier molecular flexibility index (Phi) is 4.89. The second-order valence-corrected chi connectivity index (χ2v) is 8.25. The molecule has 112 valence electrons. The van der Waals surface area contributed by atoms with Crippen LogP contribution in [0.15, 0.2) is 21.5 Å². The highest BCUT2D eigenvalue weighted by atomic mass is 79.9. The SMILES string of the molecule is CNCc1cc(Br)c(C)c(S(=O)(=O)N2CCC(C)C2)c1. The molecule has 0 saturated carbocycles. The van der Waals surface area contributed by atoms with E-state index in [1.54, 1.807) is 10.4 Å². The minimum atomic E-state index is -3.39. The second-order valence-electron chi connectivity index (χ2n) is 5.49. The van der Waals surface area contributed by atoms with Crippen LogP contribution in [0.5, 0.6) is 0 Å². The molecule has 0 aliphatic carbocycles. The predicted molar refractivity (Wildman–Crippen MR) is 84.2 cm³/mol. The van der Waals surface area contributed by atoms with Gasteiger partial charge in [-0.2, -0.15) is 4.31 Å². The van der Waals surface area contributed by atoms with Gasteiger partial charge in [0.25, 0.3) is 0 Å². The van der Waals surface area contributed by atoms with Crippen molar-refractivity contribution in [3.63, 3.8) is 0 Å². The molecule has 1 heterocycles. The van der Waals surface area contributed by atoms with Crippen LogP contribution < -0.4 is 5.32 Å². The summed E-state index contributed by atoms with van der Waals surface area (Å²) in [5.74, 6) is 0.439. The smallest absolute Gasteiger partial charge is 0.243 e. The Labute approximate surface area is 129 Å². The molecule has 1 aliphatic rings. The van der Waals surface area contributed by atoms with Crippen molar-refractivity contribution in [1.82, 2.24) is 9.62 Å². The van der Waals surface area contributed by atoms with Gasteiger partial charge in [0.05, 0.1) is 4.90 Å². The Balaban J connectivity index is 2.45. The molecule has 1 unspecified atom stereocenters. The number of nitrogens with one attached hydrogen (secondary N) is 1. The predicted octanol–water partition coefficient (Wildman–Crippen LogP) is 2.51. The molecule has 0 radical (unpaired) electrons. The lowest BCUT2D eigenvalue weighted by Crippen LogP contribution is -2.29. The summed E-state index contributed by atoms with van der Waals surface area (Å²) in [5, 5.41) is 3.06. The zero-order valence-electron chi connectivity index (χ0n) is 12.1. The molecule has 1 aliphatic heterocycles. The highest BCUT2D eigenvalue weighted by Gasteiger charge is 2.32. The normalized spacial score (nSPS) is 20.5. The van der Waals surface area contributed by atoms with Gasteiger partial charge in [-0.05, 0) is 49.6 Å². The van der Waals surface area contributed by atoms with Gasteiger partial charge in [-0.3, -0.25) is 0 Å². The highest BCUT2D eigenvalue weighted by molar-refractivity contribution is 9.10. The van der Waals surface area contributed by atoms with Crippen LogP contribution in [-0.4, -0.2) is 32.9 Å². The van der Waals surface area contributed by atoms with Crippen molar-refractivity contribution in [2.45, 2.75) is 31.7 Å². The fraction of sp³-hybridized carbons (Fsp3) is 0.571. The maximum Gasteiger partial charge on any atom is 0.243 e. The number of hydrogen-bond acceptors (Lipinski definition) is 3. The Morgan fingerprint density at radius 1 is 1.45 bits per heavy atom. The van der Waals surface area contributed by atoms with Gasteiger partial charge in [0, 0.05) is 24.1 Å². The molecule has 0 spiro atoms. The first-order valence-electron chi connectivity index (χ1n) is 6.80. The Bertz CT molecular complexity index is 601. The van der Waals surface area contributed by atoms with Gasteiger partial charge in [-0.25, -0.2) is 8.42 Å². The minimum absolute atomic E-state index is 0.422. The molecule has 1 fully saturated rings. The molecular weight excluding hydrogens is 340 g/mol. The van der Waals surface area contributed by atoms with Gasteiger partial charge >= 0.3 is 0 Å². The molecule has 4 nitrogen and oxygen atoms in total. The minimum Gasteiger partial charge on any atom is -0.316 e. The van der Waals surface area contributed by atoms with E-state index in [0.29, 0.717) is 30.4 Å². The molecule has 1 aromatic rings. The van der Waals surface area contributed by atoms with Crippen LogP contribution in [0, 0.1) is 12.8 Å². The molecule has 2 rings (SSSR count). The lowest BCUT2D eigenvalue weighted by atomic mass is 10.1. The monoisotopic (exact) mass is 360 g/mol. The average Bonchev–Trinajstić information content (AvgIpc) is 2.81. The largest absolute Gasteiger partial charge is 0.316 e. The maximum absolute atomic E-state index is 12.8. The maximum atomic E-state index is 12.8. The third-order valence-electron chi connectivity index (χ3n) is 3.74. The van der Waals surface area contributed by atoms with E-state index in [-0.39, 0.29) is 0 Å². The van der Waals surface area contributed by atoms with Crippen molar-refractivity contribution in [2.75, 3.05) is 20.1 Å². The molecule has 1 aromatic carbocycles. The summed E-state index contributed by atoms with van der Waals surface area (Å²) < 4.78 is 28.0. The van der Waals surface area contributed by atoms with Crippen molar-refractivity contribution >= 4 is 26.0 Å². The van der Waals surface area contributed by atoms with Gasteiger partial charge in [0.2, 0.25) is 10.0 Å². The van der Waals surface area contributed by atoms with Crippen molar-refractivity contribution < 1.29 is 8.42 Å². The van der Waals surface area contributed by atoms with Crippen LogP contribution in [0.1, 0.15) is 24.5 Å². The fourth-order valence-electron chi connectivity index (χ4n) is 2.53. The van der Waals surface area contributed by atoms with E-state index in [1.807, 2.05) is 20.0 Å². The lowest BCUT2D eigenvalue weighted by Gasteiger charge is -2.19. The van der Waals surface area contributed by atoms with Crippen LogP contribution >= 0.6 is 15.9 Å². The van der Waals surface area contributed by atoms with Crippen LogP contribution in [0.3, 0.4) is 0 Å². The second kappa shape index (κ2) is 6.13. The molecule has 20 heavy (non-hydrogen) atoms. The van der Waals surface area contributed by atoms with Crippen molar-refractivity contribution in [1.29, 1.82) is 0 Å². The number of halogens is 1. The summed E-state index contributed by atoms with van der Waals surface area (Å²) >= 11 is 3.47. The first-order valence-corrected chi connectivity index (χ1v) is 9.03. The summed E-state index contributed by atoms with van der Waals surface area (Å²) in [7, 11) is -1.54. The number of rotatable bonds is 4. The van der Waals surface area contributed by atoms with E-state index in [4.69, 9.17) is 0 Å². The van der Waals surface area contributed by atoms with Gasteiger partial charge in [-0.1, -0.05) is 22.9 Å². The van der Waals surface area contributed by atoms with E-state index in [0.717, 1.165) is 22.0 Å². The Hall–Kier alpha value is -0.430. The topological polar surface area (TPSA) is 49.4 Å². The lowest BCUT2D eigenvalue weighted by molar-refractivity contribution is 0.464. The molecule has 1 saturated heterocycles. The molecular formula is C14H21BrN2O2S. The van der Waals surface area contributed by atoms with Gasteiger partial charge < -0.3 is 5.32 Å². The zero-order chi connectivity index (χ0) is 14.9. The first kappa shape index (κ1) is 15.9. The van der Waals surface area contributed by atoms with E-state index in [2.05, 4.69) is 28.2 Å². The van der Waals surface area contributed by atoms with Crippen molar-refractivity contribution in [3.8, 4) is 0 Å². The summed E-state index contributed by atoms with van der Waals surface area (Å²) in [5.41, 5.74) is 1.75. The summed E-state index contributed by atoms with van der Waals surface area (Å²) in [6, 6.07) is 3.76. The highest BCUT2D eigenvalue weighted by Crippen LogP contribution is 2.30. The molecule has 0 bridgehead atoms. The number of nitrogens with zero attached hydrogens (tertiary/aromatic N) is 1. The quantitative estimate of drug-likeness (QED) is 0.897. The molecule has 1 atom stereocenters. The first-order chi connectivity index (χ1) is 9.36. The zero-order valence-corrected chi connectivity index (χ0v) is 14.5. The summed E-state index contributed by atoms with van der Waals surface area (Å²) in [4.78, 5) is 0.422. The molecule has 6 heteroatoms. The Morgan fingerprint density at radius 3 is 2.70 bits per heavy atom. The van der Waals surface area contributed by atoms with Crippen LogP contribution in [0.25, 0.3) is 0 Å². The van der Waals surface area contributed by atoms with Gasteiger partial charge in [-0.15, -0.1) is 0 Å². The van der Waals surface area contributed by atoms with E-state index >= 15 is 0 Å². The van der Waals surface area contributed by atoms with E-state index in [9.17, 15) is 8.42 Å². The van der Waals surface area contributed by atoms with Crippen LogP contribution in [0.2, 0.25) is 0 Å². The standard InChI is InChI=1S/C14H21BrN2O2S/c1-10-4-5-17(9-10)20(18,19)14-7-12(8-16-3)6-13(15)11(14)2/h6-7,10,16H,4-5,8-9H2,1-3H3. The summed E-state index contributed by atoms with van der Waals surface area (Å²) in [6.07, 6.45) is 0.940. The number of sulfonamides is 1. The number of benzene rings is 1. The van der Waals surface area contributed by atoms with Crippen molar-refractivity contribution in [2.24, 2.45) is 5.92 Å². The van der Waals surface area contributed by atoms with Crippen molar-refractivity contribution in [3.05, 3.63) is 27.7 Å². The van der Waals surface area contributed by atoms with Crippen LogP contribution in [-0.2, 0) is 16.6 Å². The molecule has 0 aromatic heterocycles. The summed E-state index contributed by atoms with van der Waals surface area (Å²) in [6.45, 7) is 5.83. The van der Waals surface area contributed by atoms with E-state index in [1.165, 1.54) is 0 Å². The molecule has 0 amide bonds. The van der Waals surface area contributed by atoms with Crippen LogP contribution in [0.4, 0.5) is 0 Å². The third-order valence-corrected chi connectivity index (χ3v) is 6.56.